The zero-order chi connectivity index (χ0) is 17.3. The van der Waals surface area contributed by atoms with Gasteiger partial charge >= 0.3 is 0 Å². The summed E-state index contributed by atoms with van der Waals surface area (Å²) in [7, 11) is 0. The van der Waals surface area contributed by atoms with E-state index in [1.54, 1.807) is 0 Å². The molecule has 1 aliphatic carbocycles. The van der Waals surface area contributed by atoms with E-state index < -0.39 is 0 Å². The lowest BCUT2D eigenvalue weighted by molar-refractivity contribution is -0.133. The Hall–Kier alpha value is -2.10. The van der Waals surface area contributed by atoms with Gasteiger partial charge in [-0.1, -0.05) is 36.7 Å². The van der Waals surface area contributed by atoms with E-state index >= 15 is 0 Å². The van der Waals surface area contributed by atoms with Gasteiger partial charge in [-0.05, 0) is 44.2 Å². The number of amides is 1. The monoisotopic (exact) mass is 326 g/mol. The highest BCUT2D eigenvalue weighted by Gasteiger charge is 2.33. The van der Waals surface area contributed by atoms with Crippen LogP contribution in [0.15, 0.2) is 28.8 Å². The summed E-state index contributed by atoms with van der Waals surface area (Å²) in [6.07, 6.45) is 2.06. The van der Waals surface area contributed by atoms with Crippen LogP contribution < -0.4 is 0 Å². The maximum Gasteiger partial charge on any atom is 0.226 e. The van der Waals surface area contributed by atoms with Crippen LogP contribution in [0.25, 0.3) is 11.3 Å². The third-order valence-electron chi connectivity index (χ3n) is 4.39. The van der Waals surface area contributed by atoms with Crippen molar-refractivity contribution in [2.24, 2.45) is 11.8 Å². The van der Waals surface area contributed by atoms with Crippen molar-refractivity contribution in [3.05, 3.63) is 41.1 Å². The topological polar surface area (TPSA) is 46.3 Å². The number of benzene rings is 1. The summed E-state index contributed by atoms with van der Waals surface area (Å²) in [5, 5.41) is 4.20. The zero-order valence-electron chi connectivity index (χ0n) is 15.0. The summed E-state index contributed by atoms with van der Waals surface area (Å²) in [6.45, 7) is 9.70. The molecule has 2 aromatic rings. The van der Waals surface area contributed by atoms with Gasteiger partial charge in [-0.25, -0.2) is 0 Å². The summed E-state index contributed by atoms with van der Waals surface area (Å²) in [5.74, 6) is 1.71. The zero-order valence-corrected chi connectivity index (χ0v) is 15.0. The van der Waals surface area contributed by atoms with Gasteiger partial charge in [-0.15, -0.1) is 0 Å². The highest BCUT2D eigenvalue weighted by atomic mass is 16.5. The van der Waals surface area contributed by atoms with Gasteiger partial charge in [0.05, 0.1) is 6.54 Å². The molecular weight excluding hydrogens is 300 g/mol. The van der Waals surface area contributed by atoms with Crippen molar-refractivity contribution in [2.45, 2.75) is 47.1 Å². The van der Waals surface area contributed by atoms with E-state index in [4.69, 9.17) is 4.52 Å². The molecule has 24 heavy (non-hydrogen) atoms. The molecule has 3 rings (SSSR count). The summed E-state index contributed by atoms with van der Waals surface area (Å²) in [5.41, 5.74) is 4.24. The molecule has 1 saturated carbocycles. The molecule has 0 bridgehead atoms. The second-order valence-corrected chi connectivity index (χ2v) is 7.39. The summed E-state index contributed by atoms with van der Waals surface area (Å²) in [6, 6.07) is 8.26. The first-order valence-electron chi connectivity index (χ1n) is 8.76. The number of aryl methyl sites for hydroxylation is 2. The first-order valence-corrected chi connectivity index (χ1v) is 8.76. The molecule has 1 aromatic heterocycles. The summed E-state index contributed by atoms with van der Waals surface area (Å²) in [4.78, 5) is 14.4. The van der Waals surface area contributed by atoms with Crippen molar-refractivity contribution >= 4 is 5.91 Å². The van der Waals surface area contributed by atoms with Crippen LogP contribution in [0, 0.1) is 25.7 Å². The second-order valence-electron chi connectivity index (χ2n) is 7.39. The number of aromatic nitrogens is 1. The normalized spacial score (nSPS) is 14.2. The first kappa shape index (κ1) is 16.7. The third-order valence-corrected chi connectivity index (χ3v) is 4.39. The second kappa shape index (κ2) is 6.80. The molecule has 4 nitrogen and oxygen atoms in total. The van der Waals surface area contributed by atoms with Crippen LogP contribution in [0.1, 0.15) is 43.5 Å². The van der Waals surface area contributed by atoms with Gasteiger partial charge in [0, 0.05) is 24.1 Å². The fourth-order valence-electron chi connectivity index (χ4n) is 2.97. The van der Waals surface area contributed by atoms with E-state index in [1.807, 2.05) is 11.0 Å². The Balaban J connectivity index is 1.78. The van der Waals surface area contributed by atoms with Gasteiger partial charge in [-0.2, -0.15) is 0 Å². The number of rotatable bonds is 6. The van der Waals surface area contributed by atoms with Crippen molar-refractivity contribution in [1.29, 1.82) is 0 Å². The molecule has 0 atom stereocenters. The Kier molecular flexibility index (Phi) is 4.74. The number of nitrogens with zero attached hydrogens (tertiary/aromatic N) is 2. The largest absolute Gasteiger partial charge is 0.356 e. The number of hydrogen-bond donors (Lipinski definition) is 0. The Morgan fingerprint density at radius 2 is 2.04 bits per heavy atom. The molecule has 1 fully saturated rings. The van der Waals surface area contributed by atoms with Crippen molar-refractivity contribution in [3.8, 4) is 11.3 Å². The average Bonchev–Trinajstić information content (AvgIpc) is 3.28. The molecule has 0 unspecified atom stereocenters. The van der Waals surface area contributed by atoms with Gasteiger partial charge in [0.15, 0.2) is 5.76 Å². The minimum Gasteiger partial charge on any atom is -0.356 e. The van der Waals surface area contributed by atoms with Gasteiger partial charge < -0.3 is 9.42 Å². The highest BCUT2D eigenvalue weighted by molar-refractivity contribution is 5.81. The van der Waals surface area contributed by atoms with Gasteiger partial charge in [-0.3, -0.25) is 4.79 Å². The minimum atomic E-state index is 0.231. The van der Waals surface area contributed by atoms with Crippen LogP contribution in [0.3, 0.4) is 0 Å². The molecule has 1 amide bonds. The third kappa shape index (κ3) is 3.86. The average molecular weight is 326 g/mol. The van der Waals surface area contributed by atoms with E-state index in [2.05, 4.69) is 51.1 Å². The maximum atomic E-state index is 12.5. The van der Waals surface area contributed by atoms with Crippen LogP contribution in [0.5, 0.6) is 0 Å². The van der Waals surface area contributed by atoms with Crippen molar-refractivity contribution in [2.75, 3.05) is 6.54 Å². The van der Waals surface area contributed by atoms with Crippen LogP contribution >= 0.6 is 0 Å². The molecule has 128 valence electrons. The van der Waals surface area contributed by atoms with Crippen LogP contribution in [0.4, 0.5) is 0 Å². The fraction of sp³-hybridized carbons (Fsp3) is 0.500. The lowest BCUT2D eigenvalue weighted by Gasteiger charge is -2.23. The van der Waals surface area contributed by atoms with Crippen molar-refractivity contribution in [1.82, 2.24) is 10.1 Å². The Bertz CT molecular complexity index is 729. The van der Waals surface area contributed by atoms with Crippen LogP contribution in [-0.4, -0.2) is 22.5 Å². The van der Waals surface area contributed by atoms with Gasteiger partial charge in [0.2, 0.25) is 5.91 Å². The summed E-state index contributed by atoms with van der Waals surface area (Å²) >= 11 is 0. The predicted octanol–water partition coefficient (Wildman–Crippen LogP) is 4.35. The Labute approximate surface area is 143 Å². The smallest absolute Gasteiger partial charge is 0.226 e. The lowest BCUT2D eigenvalue weighted by Crippen LogP contribution is -2.34. The minimum absolute atomic E-state index is 0.231. The molecule has 1 heterocycles. The Morgan fingerprint density at radius 1 is 1.29 bits per heavy atom. The lowest BCUT2D eigenvalue weighted by atomic mass is 10.0. The van der Waals surface area contributed by atoms with Crippen molar-refractivity contribution in [3.63, 3.8) is 0 Å². The van der Waals surface area contributed by atoms with E-state index in [0.29, 0.717) is 12.5 Å². The molecule has 1 aromatic carbocycles. The fourth-order valence-corrected chi connectivity index (χ4v) is 2.97. The molecule has 4 heteroatoms. The summed E-state index contributed by atoms with van der Waals surface area (Å²) < 4.78 is 5.56. The molecule has 0 spiro atoms. The maximum absolute atomic E-state index is 12.5. The molecule has 1 aliphatic rings. The SMILES string of the molecule is Cc1ccc(C)c(-c2cc(CN(CC(C)C)C(=O)C3CC3)no2)c1. The van der Waals surface area contributed by atoms with Gasteiger partial charge in [0.25, 0.3) is 0 Å². The molecule has 0 saturated heterocycles. The van der Waals surface area contributed by atoms with Gasteiger partial charge in [0.1, 0.15) is 5.69 Å². The highest BCUT2D eigenvalue weighted by Crippen LogP contribution is 2.32. The van der Waals surface area contributed by atoms with E-state index in [-0.39, 0.29) is 11.8 Å². The molecule has 0 aliphatic heterocycles. The van der Waals surface area contributed by atoms with E-state index in [1.165, 1.54) is 5.56 Å². The van der Waals surface area contributed by atoms with Crippen LogP contribution in [0.2, 0.25) is 0 Å². The molecule has 0 radical (unpaired) electrons. The standard InChI is InChI=1S/C20H26N2O2/c1-13(2)11-22(20(23)16-7-8-16)12-17-10-19(24-21-17)18-9-14(3)5-6-15(18)4/h5-6,9-10,13,16H,7-8,11-12H2,1-4H3. The predicted molar refractivity (Wildman–Crippen MR) is 94.4 cm³/mol. The number of hydrogen-bond acceptors (Lipinski definition) is 3. The Morgan fingerprint density at radius 3 is 2.71 bits per heavy atom. The quantitative estimate of drug-likeness (QED) is 0.792. The number of carbonyl (C=O) groups excluding carboxylic acids is 1. The van der Waals surface area contributed by atoms with E-state index in [9.17, 15) is 4.79 Å². The molecular formula is C20H26N2O2. The van der Waals surface area contributed by atoms with Crippen molar-refractivity contribution < 1.29 is 9.32 Å². The molecule has 0 N–H and O–H groups in total. The first-order chi connectivity index (χ1) is 11.4. The number of carbonyl (C=O) groups is 1. The van der Waals surface area contributed by atoms with Crippen LogP contribution in [-0.2, 0) is 11.3 Å². The van der Waals surface area contributed by atoms with E-state index in [0.717, 1.165) is 42.0 Å².